The molecule has 0 saturated heterocycles. The number of halogens is 2. The van der Waals surface area contributed by atoms with Gasteiger partial charge in [0.05, 0.1) is 41.6 Å². The van der Waals surface area contributed by atoms with Crippen molar-refractivity contribution in [2.75, 3.05) is 44.9 Å². The highest BCUT2D eigenvalue weighted by atomic mass is 35.5. The minimum atomic E-state index is -0.763. The van der Waals surface area contributed by atoms with Gasteiger partial charge in [0.15, 0.2) is 5.75 Å². The standard InChI is InChI=1S/C25H30Cl2N2O7/c1-6-28(7-2)24(31)18-14-17(10-11-21(18)33-5)36-23-19(26)12-16(13-20(23)27)29(25(32)35-9-4)15-22(30)34-8-3/h10-14H,6-9,15H2,1-5H3. The molecule has 9 nitrogen and oxygen atoms in total. The fourth-order valence-electron chi connectivity index (χ4n) is 3.31. The molecular formula is C25H30Cl2N2O7. The summed E-state index contributed by atoms with van der Waals surface area (Å²) >= 11 is 12.9. The Bertz CT molecular complexity index is 1070. The van der Waals surface area contributed by atoms with Gasteiger partial charge in [-0.2, -0.15) is 0 Å². The van der Waals surface area contributed by atoms with Crippen LogP contribution in [-0.2, 0) is 14.3 Å². The highest BCUT2D eigenvalue weighted by Crippen LogP contribution is 2.40. The molecule has 2 aromatic rings. The number of nitrogens with zero attached hydrogens (tertiary/aromatic N) is 2. The first-order chi connectivity index (χ1) is 17.2. The van der Waals surface area contributed by atoms with E-state index in [4.69, 9.17) is 42.1 Å². The highest BCUT2D eigenvalue weighted by Gasteiger charge is 2.24. The number of esters is 1. The monoisotopic (exact) mass is 540 g/mol. The number of anilines is 1. The minimum Gasteiger partial charge on any atom is -0.496 e. The van der Waals surface area contributed by atoms with Crippen LogP contribution in [0.1, 0.15) is 38.1 Å². The second-order valence-electron chi connectivity index (χ2n) is 7.27. The van der Waals surface area contributed by atoms with E-state index in [0.29, 0.717) is 30.2 Å². The van der Waals surface area contributed by atoms with E-state index in [1.807, 2.05) is 13.8 Å². The summed E-state index contributed by atoms with van der Waals surface area (Å²) in [6, 6.07) is 7.62. The fourth-order valence-corrected chi connectivity index (χ4v) is 3.87. The van der Waals surface area contributed by atoms with E-state index in [0.717, 1.165) is 4.90 Å². The number of methoxy groups -OCH3 is 1. The van der Waals surface area contributed by atoms with E-state index in [1.165, 1.54) is 19.2 Å². The van der Waals surface area contributed by atoms with Crippen molar-refractivity contribution in [3.05, 3.63) is 45.9 Å². The molecule has 0 bridgehead atoms. The lowest BCUT2D eigenvalue weighted by molar-refractivity contribution is -0.141. The summed E-state index contributed by atoms with van der Waals surface area (Å²) in [5.41, 5.74) is 0.543. The summed E-state index contributed by atoms with van der Waals surface area (Å²) in [4.78, 5) is 40.2. The van der Waals surface area contributed by atoms with Gasteiger partial charge < -0.3 is 23.8 Å². The Balaban J connectivity index is 2.42. The van der Waals surface area contributed by atoms with Crippen molar-refractivity contribution in [2.45, 2.75) is 27.7 Å². The van der Waals surface area contributed by atoms with Crippen LogP contribution in [0.5, 0.6) is 17.2 Å². The lowest BCUT2D eigenvalue weighted by atomic mass is 10.1. The molecule has 0 fully saturated rings. The minimum absolute atomic E-state index is 0.0723. The molecule has 0 aliphatic carbocycles. The summed E-state index contributed by atoms with van der Waals surface area (Å²) in [6.07, 6.45) is -0.763. The van der Waals surface area contributed by atoms with Gasteiger partial charge in [-0.3, -0.25) is 14.5 Å². The SMILES string of the molecule is CCOC(=O)CN(C(=O)OCC)c1cc(Cl)c(Oc2ccc(OC)c(C(=O)N(CC)CC)c2)c(Cl)c1. The van der Waals surface area contributed by atoms with E-state index >= 15 is 0 Å². The smallest absolute Gasteiger partial charge is 0.414 e. The molecule has 0 heterocycles. The Morgan fingerprint density at radius 3 is 2.03 bits per heavy atom. The Kier molecular flexibility index (Phi) is 11.1. The zero-order valence-electron chi connectivity index (χ0n) is 20.9. The summed E-state index contributed by atoms with van der Waals surface area (Å²) in [6.45, 7) is 8.01. The van der Waals surface area contributed by atoms with Gasteiger partial charge in [0, 0.05) is 13.1 Å². The number of benzene rings is 2. The number of carbonyl (C=O) groups is 3. The van der Waals surface area contributed by atoms with Gasteiger partial charge in [0.1, 0.15) is 18.0 Å². The van der Waals surface area contributed by atoms with Crippen molar-refractivity contribution in [1.29, 1.82) is 0 Å². The van der Waals surface area contributed by atoms with Crippen LogP contribution in [0.2, 0.25) is 10.0 Å². The van der Waals surface area contributed by atoms with Crippen molar-refractivity contribution in [3.8, 4) is 17.2 Å². The molecule has 196 valence electrons. The zero-order valence-corrected chi connectivity index (χ0v) is 22.4. The zero-order chi connectivity index (χ0) is 26.8. The lowest BCUT2D eigenvalue weighted by Crippen LogP contribution is -2.37. The Labute approximate surface area is 220 Å². The van der Waals surface area contributed by atoms with Gasteiger partial charge in [-0.1, -0.05) is 23.2 Å². The number of carbonyl (C=O) groups excluding carboxylic acids is 3. The van der Waals surface area contributed by atoms with Crippen molar-refractivity contribution in [2.24, 2.45) is 0 Å². The van der Waals surface area contributed by atoms with Crippen LogP contribution in [0.3, 0.4) is 0 Å². The molecule has 0 aromatic heterocycles. The first-order valence-electron chi connectivity index (χ1n) is 11.4. The van der Waals surface area contributed by atoms with E-state index in [9.17, 15) is 14.4 Å². The number of hydrogen-bond donors (Lipinski definition) is 0. The topological polar surface area (TPSA) is 94.6 Å². The molecule has 0 unspecified atom stereocenters. The van der Waals surface area contributed by atoms with Crippen LogP contribution in [0.25, 0.3) is 0 Å². The quantitative estimate of drug-likeness (QED) is 0.332. The molecule has 0 aliphatic heterocycles. The van der Waals surface area contributed by atoms with Crippen LogP contribution in [0, 0.1) is 0 Å². The first-order valence-corrected chi connectivity index (χ1v) is 12.2. The van der Waals surface area contributed by atoms with E-state index in [1.54, 1.807) is 36.9 Å². The van der Waals surface area contributed by atoms with Crippen LogP contribution >= 0.6 is 23.2 Å². The summed E-state index contributed by atoms with van der Waals surface area (Å²) < 4.78 is 21.3. The highest BCUT2D eigenvalue weighted by molar-refractivity contribution is 6.37. The molecule has 2 amide bonds. The summed E-state index contributed by atoms with van der Waals surface area (Å²) in [5.74, 6) is -0.0264. The average Bonchev–Trinajstić information content (AvgIpc) is 2.85. The molecule has 0 aliphatic rings. The van der Waals surface area contributed by atoms with Crippen molar-refractivity contribution in [3.63, 3.8) is 0 Å². The Morgan fingerprint density at radius 2 is 1.50 bits per heavy atom. The maximum Gasteiger partial charge on any atom is 0.414 e. The van der Waals surface area contributed by atoms with Crippen molar-refractivity contribution in [1.82, 2.24) is 4.90 Å². The second kappa shape index (κ2) is 13.8. The largest absolute Gasteiger partial charge is 0.496 e. The van der Waals surface area contributed by atoms with Crippen LogP contribution in [0.15, 0.2) is 30.3 Å². The maximum absolute atomic E-state index is 12.9. The molecule has 0 atom stereocenters. The predicted molar refractivity (Wildman–Crippen MR) is 138 cm³/mol. The fraction of sp³-hybridized carbons (Fsp3) is 0.400. The van der Waals surface area contributed by atoms with Gasteiger partial charge in [-0.15, -0.1) is 0 Å². The third-order valence-corrected chi connectivity index (χ3v) is 5.61. The van der Waals surface area contributed by atoms with Crippen LogP contribution in [-0.4, -0.2) is 62.8 Å². The van der Waals surface area contributed by atoms with Gasteiger partial charge in [-0.05, 0) is 58.0 Å². The van der Waals surface area contributed by atoms with Crippen LogP contribution in [0.4, 0.5) is 10.5 Å². The third kappa shape index (κ3) is 7.18. The van der Waals surface area contributed by atoms with E-state index in [2.05, 4.69) is 0 Å². The van der Waals surface area contributed by atoms with Gasteiger partial charge in [-0.25, -0.2) is 4.79 Å². The lowest BCUT2D eigenvalue weighted by Gasteiger charge is -2.22. The molecule has 36 heavy (non-hydrogen) atoms. The molecule has 0 spiro atoms. The number of amides is 2. The van der Waals surface area contributed by atoms with Crippen LogP contribution < -0.4 is 14.4 Å². The molecule has 0 radical (unpaired) electrons. The second-order valence-corrected chi connectivity index (χ2v) is 8.08. The Hall–Kier alpha value is -3.17. The molecule has 0 N–H and O–H groups in total. The summed E-state index contributed by atoms with van der Waals surface area (Å²) in [5, 5.41) is 0.145. The maximum atomic E-state index is 12.9. The molecule has 2 aromatic carbocycles. The predicted octanol–water partition coefficient (Wildman–Crippen LogP) is 5.80. The Morgan fingerprint density at radius 1 is 0.889 bits per heavy atom. The number of hydrogen-bond acceptors (Lipinski definition) is 7. The van der Waals surface area contributed by atoms with E-state index in [-0.39, 0.29) is 40.6 Å². The van der Waals surface area contributed by atoms with E-state index < -0.39 is 18.6 Å². The molecule has 11 heteroatoms. The third-order valence-electron chi connectivity index (χ3n) is 5.05. The van der Waals surface area contributed by atoms with Crippen molar-refractivity contribution < 1.29 is 33.3 Å². The normalized spacial score (nSPS) is 10.4. The number of rotatable bonds is 11. The summed E-state index contributed by atoms with van der Waals surface area (Å²) in [7, 11) is 1.48. The molecule has 2 rings (SSSR count). The van der Waals surface area contributed by atoms with Gasteiger partial charge in [0.25, 0.3) is 5.91 Å². The molecular weight excluding hydrogens is 511 g/mol. The first kappa shape index (κ1) is 29.1. The van der Waals surface area contributed by atoms with Crippen molar-refractivity contribution >= 4 is 46.9 Å². The van der Waals surface area contributed by atoms with Gasteiger partial charge in [0.2, 0.25) is 0 Å². The average molecular weight is 541 g/mol. The van der Waals surface area contributed by atoms with Gasteiger partial charge >= 0.3 is 12.1 Å². The molecule has 0 saturated carbocycles. The number of ether oxygens (including phenoxy) is 4.